The fraction of sp³-hybridized carbons (Fsp3) is 0.261. The molecule has 2 aromatic carbocycles. The zero-order valence-corrected chi connectivity index (χ0v) is 19.4. The van der Waals surface area contributed by atoms with E-state index in [2.05, 4.69) is 10.6 Å². The number of rotatable bonds is 6. The number of methoxy groups -OCH3 is 1. The van der Waals surface area contributed by atoms with E-state index in [9.17, 15) is 14.4 Å². The van der Waals surface area contributed by atoms with Gasteiger partial charge in [0.1, 0.15) is 0 Å². The lowest BCUT2D eigenvalue weighted by atomic mass is 9.94. The van der Waals surface area contributed by atoms with Crippen molar-refractivity contribution >= 4 is 46.8 Å². The van der Waals surface area contributed by atoms with Crippen LogP contribution < -0.4 is 10.6 Å². The van der Waals surface area contributed by atoms with Crippen LogP contribution in [0.15, 0.2) is 53.7 Å². The van der Waals surface area contributed by atoms with Gasteiger partial charge >= 0.3 is 12.0 Å². The van der Waals surface area contributed by atoms with E-state index in [0.717, 1.165) is 6.42 Å². The van der Waals surface area contributed by atoms with E-state index in [1.165, 1.54) is 18.1 Å². The van der Waals surface area contributed by atoms with Crippen LogP contribution in [0.3, 0.4) is 0 Å². The number of esters is 1. The summed E-state index contributed by atoms with van der Waals surface area (Å²) < 4.78 is 4.96. The quantitative estimate of drug-likeness (QED) is 0.564. The van der Waals surface area contributed by atoms with Crippen molar-refractivity contribution < 1.29 is 19.1 Å². The van der Waals surface area contributed by atoms with Gasteiger partial charge in [-0.25, -0.2) is 9.59 Å². The van der Waals surface area contributed by atoms with E-state index in [4.69, 9.17) is 27.9 Å². The molecule has 0 aromatic heterocycles. The highest BCUT2D eigenvalue weighted by Crippen LogP contribution is 2.32. The topological polar surface area (TPSA) is 87.7 Å². The van der Waals surface area contributed by atoms with Gasteiger partial charge in [-0.2, -0.15) is 0 Å². The summed E-state index contributed by atoms with van der Waals surface area (Å²) >= 11 is 11.9. The molecule has 1 atom stereocenters. The number of nitrogens with zero attached hydrogens (tertiary/aromatic N) is 1. The van der Waals surface area contributed by atoms with Crippen LogP contribution in [0, 0.1) is 0 Å². The van der Waals surface area contributed by atoms with Crippen LogP contribution in [0.4, 0.5) is 10.5 Å². The minimum Gasteiger partial charge on any atom is -0.466 e. The molecular formula is C23H23Cl2N3O4. The maximum Gasteiger partial charge on any atom is 0.337 e. The van der Waals surface area contributed by atoms with Crippen LogP contribution >= 0.6 is 23.2 Å². The van der Waals surface area contributed by atoms with Gasteiger partial charge in [-0.1, -0.05) is 42.3 Å². The molecule has 0 spiro atoms. The van der Waals surface area contributed by atoms with Crippen molar-refractivity contribution in [2.45, 2.75) is 26.3 Å². The normalized spacial score (nSPS) is 16.0. The summed E-state index contributed by atoms with van der Waals surface area (Å²) in [5, 5.41) is 6.31. The van der Waals surface area contributed by atoms with Crippen molar-refractivity contribution in [3.05, 3.63) is 74.9 Å². The summed E-state index contributed by atoms with van der Waals surface area (Å²) in [6, 6.07) is 10.5. The molecule has 2 aromatic rings. The largest absolute Gasteiger partial charge is 0.466 e. The number of allylic oxidation sites excluding steroid dienone is 1. The number of ether oxygens (including phenoxy) is 1. The number of benzene rings is 2. The highest BCUT2D eigenvalue weighted by atomic mass is 35.5. The van der Waals surface area contributed by atoms with E-state index in [0.29, 0.717) is 39.7 Å². The van der Waals surface area contributed by atoms with Crippen molar-refractivity contribution in [2.75, 3.05) is 19.0 Å². The molecule has 1 aliphatic rings. The standard InChI is InChI=1S/C23H23Cl2N3O4/c1-4-11-28-13(2)19(22(30)32-3)20(27-23(28)31)14-5-8-16(9-6-14)26-21(29)15-7-10-17(24)18(25)12-15/h5-10,12,20H,4,11H2,1-3H3,(H,26,29)(H,27,31)/t20-/m1/s1. The SMILES string of the molecule is CCCN1C(=O)N[C@H](c2ccc(NC(=O)c3ccc(Cl)c(Cl)c3)cc2)C(C(=O)OC)=C1C. The van der Waals surface area contributed by atoms with Crippen molar-refractivity contribution in [3.8, 4) is 0 Å². The Hall–Kier alpha value is -3.03. The summed E-state index contributed by atoms with van der Waals surface area (Å²) in [5.41, 5.74) is 2.52. The first kappa shape index (κ1) is 23.6. The third kappa shape index (κ3) is 4.89. The molecule has 0 aliphatic carbocycles. The highest BCUT2D eigenvalue weighted by Gasteiger charge is 2.35. The molecule has 168 valence electrons. The molecule has 1 aliphatic heterocycles. The van der Waals surface area contributed by atoms with Crippen molar-refractivity contribution in [2.24, 2.45) is 0 Å². The minimum absolute atomic E-state index is 0.279. The summed E-state index contributed by atoms with van der Waals surface area (Å²) in [7, 11) is 1.31. The summed E-state index contributed by atoms with van der Waals surface area (Å²) in [5.74, 6) is -0.853. The second-order valence-electron chi connectivity index (χ2n) is 7.23. The Morgan fingerprint density at radius 3 is 2.41 bits per heavy atom. The zero-order chi connectivity index (χ0) is 23.4. The first-order valence-corrected chi connectivity index (χ1v) is 10.8. The molecule has 3 rings (SSSR count). The molecule has 0 radical (unpaired) electrons. The van der Waals surface area contributed by atoms with Crippen LogP contribution in [-0.4, -0.2) is 36.5 Å². The first-order valence-electron chi connectivity index (χ1n) is 10.00. The van der Waals surface area contributed by atoms with Crippen LogP contribution in [0.2, 0.25) is 10.0 Å². The number of nitrogens with one attached hydrogen (secondary N) is 2. The van der Waals surface area contributed by atoms with E-state index < -0.39 is 12.0 Å². The molecule has 0 fully saturated rings. The predicted molar refractivity (Wildman–Crippen MR) is 124 cm³/mol. The van der Waals surface area contributed by atoms with Crippen LogP contribution in [0.5, 0.6) is 0 Å². The lowest BCUT2D eigenvalue weighted by Crippen LogP contribution is -2.48. The molecule has 0 saturated carbocycles. The number of hydrogen-bond acceptors (Lipinski definition) is 4. The second-order valence-corrected chi connectivity index (χ2v) is 8.04. The summed E-state index contributed by atoms with van der Waals surface area (Å²) in [6.07, 6.45) is 0.747. The van der Waals surface area contributed by atoms with Gasteiger partial charge in [0.25, 0.3) is 5.91 Å². The van der Waals surface area contributed by atoms with Gasteiger partial charge in [0.05, 0.1) is 28.8 Å². The van der Waals surface area contributed by atoms with E-state index >= 15 is 0 Å². The van der Waals surface area contributed by atoms with E-state index in [1.807, 2.05) is 6.92 Å². The van der Waals surface area contributed by atoms with Crippen LogP contribution in [0.25, 0.3) is 0 Å². The Bertz CT molecular complexity index is 1080. The van der Waals surface area contributed by atoms with Gasteiger partial charge in [-0.05, 0) is 49.2 Å². The predicted octanol–water partition coefficient (Wildman–Crippen LogP) is 5.17. The minimum atomic E-state index is -0.664. The molecule has 0 unspecified atom stereocenters. The fourth-order valence-electron chi connectivity index (χ4n) is 3.50. The van der Waals surface area contributed by atoms with Crippen LogP contribution in [0.1, 0.15) is 42.2 Å². The number of hydrogen-bond donors (Lipinski definition) is 2. The number of halogens is 2. The van der Waals surface area contributed by atoms with Gasteiger partial charge < -0.3 is 15.4 Å². The van der Waals surface area contributed by atoms with Gasteiger partial charge in [0.15, 0.2) is 0 Å². The van der Waals surface area contributed by atoms with E-state index in [-0.39, 0.29) is 17.0 Å². The average Bonchev–Trinajstić information content (AvgIpc) is 2.78. The molecule has 0 bridgehead atoms. The Morgan fingerprint density at radius 1 is 1.12 bits per heavy atom. The Balaban J connectivity index is 1.85. The van der Waals surface area contributed by atoms with Gasteiger partial charge in [0.2, 0.25) is 0 Å². The van der Waals surface area contributed by atoms with Gasteiger partial charge in [-0.15, -0.1) is 0 Å². The molecule has 3 amide bonds. The Morgan fingerprint density at radius 2 is 1.81 bits per heavy atom. The zero-order valence-electron chi connectivity index (χ0n) is 17.9. The Labute approximate surface area is 196 Å². The molecule has 32 heavy (non-hydrogen) atoms. The highest BCUT2D eigenvalue weighted by molar-refractivity contribution is 6.42. The first-order chi connectivity index (χ1) is 15.3. The molecular weight excluding hydrogens is 453 g/mol. The van der Waals surface area contributed by atoms with Crippen molar-refractivity contribution in [1.29, 1.82) is 0 Å². The molecule has 1 heterocycles. The smallest absolute Gasteiger partial charge is 0.337 e. The van der Waals surface area contributed by atoms with Crippen molar-refractivity contribution in [1.82, 2.24) is 10.2 Å². The molecule has 9 heteroatoms. The third-order valence-corrected chi connectivity index (χ3v) is 5.87. The summed E-state index contributed by atoms with van der Waals surface area (Å²) in [4.78, 5) is 39.1. The lowest BCUT2D eigenvalue weighted by Gasteiger charge is -2.35. The molecule has 7 nitrogen and oxygen atoms in total. The number of urea groups is 1. The molecule has 2 N–H and O–H groups in total. The van der Waals surface area contributed by atoms with Gasteiger partial charge in [0, 0.05) is 23.5 Å². The number of carbonyl (C=O) groups excluding carboxylic acids is 3. The average molecular weight is 476 g/mol. The maximum absolute atomic E-state index is 12.6. The fourth-order valence-corrected chi connectivity index (χ4v) is 3.80. The summed E-state index contributed by atoms with van der Waals surface area (Å²) in [6.45, 7) is 4.18. The number of carbonyl (C=O) groups is 3. The van der Waals surface area contributed by atoms with Crippen LogP contribution in [-0.2, 0) is 9.53 Å². The van der Waals surface area contributed by atoms with Crippen molar-refractivity contribution in [3.63, 3.8) is 0 Å². The Kier molecular flexibility index (Phi) is 7.43. The lowest BCUT2D eigenvalue weighted by molar-refractivity contribution is -0.136. The van der Waals surface area contributed by atoms with Gasteiger partial charge in [-0.3, -0.25) is 9.69 Å². The maximum atomic E-state index is 12.6. The number of anilines is 1. The third-order valence-electron chi connectivity index (χ3n) is 5.13. The van der Waals surface area contributed by atoms with E-state index in [1.54, 1.807) is 43.3 Å². The monoisotopic (exact) mass is 475 g/mol. The molecule has 0 saturated heterocycles. The number of amides is 3. The second kappa shape index (κ2) is 10.1.